The summed E-state index contributed by atoms with van der Waals surface area (Å²) in [5.74, 6) is 0.760. The van der Waals surface area contributed by atoms with Gasteiger partial charge in [0.1, 0.15) is 0 Å². The molecule has 1 unspecified atom stereocenters. The number of carbonyl (C=O) groups is 1. The summed E-state index contributed by atoms with van der Waals surface area (Å²) >= 11 is 0. The number of nitrogens with zero attached hydrogens (tertiary/aromatic N) is 2. The van der Waals surface area contributed by atoms with Crippen LogP contribution in [0, 0.1) is 0 Å². The molecule has 150 valence electrons. The molecule has 1 aromatic carbocycles. The predicted molar refractivity (Wildman–Crippen MR) is 107 cm³/mol. The zero-order chi connectivity index (χ0) is 19.5. The van der Waals surface area contributed by atoms with Crippen LogP contribution in [0.15, 0.2) is 29.3 Å². The van der Waals surface area contributed by atoms with Crippen molar-refractivity contribution in [2.24, 2.45) is 4.99 Å². The number of amides is 1. The average Bonchev–Trinajstić information content (AvgIpc) is 3.20. The molecule has 1 atom stereocenters. The molecular formula is C20H32N4O3. The van der Waals surface area contributed by atoms with Crippen LogP contribution in [0.1, 0.15) is 35.2 Å². The van der Waals surface area contributed by atoms with E-state index in [0.29, 0.717) is 25.3 Å². The lowest BCUT2D eigenvalue weighted by Crippen LogP contribution is -2.37. The Kier molecular flexibility index (Phi) is 9.07. The molecule has 0 radical (unpaired) electrons. The molecule has 27 heavy (non-hydrogen) atoms. The normalized spacial score (nSPS) is 17.0. The largest absolute Gasteiger partial charge is 0.379 e. The second kappa shape index (κ2) is 11.6. The molecule has 0 saturated carbocycles. The van der Waals surface area contributed by atoms with Gasteiger partial charge in [-0.05, 0) is 37.0 Å². The highest BCUT2D eigenvalue weighted by atomic mass is 16.5. The number of benzene rings is 1. The molecule has 1 aliphatic rings. The van der Waals surface area contributed by atoms with Crippen molar-refractivity contribution in [2.45, 2.75) is 31.9 Å². The van der Waals surface area contributed by atoms with Crippen molar-refractivity contribution in [1.82, 2.24) is 15.5 Å². The molecule has 2 N–H and O–H groups in total. The Hall–Kier alpha value is -2.12. The minimum Gasteiger partial charge on any atom is -0.379 e. The zero-order valence-corrected chi connectivity index (χ0v) is 16.7. The van der Waals surface area contributed by atoms with Gasteiger partial charge in [-0.2, -0.15) is 0 Å². The van der Waals surface area contributed by atoms with Gasteiger partial charge in [0.05, 0.1) is 12.7 Å². The highest BCUT2D eigenvalue weighted by Gasteiger charge is 2.14. The number of rotatable bonds is 9. The highest BCUT2D eigenvalue weighted by Crippen LogP contribution is 2.11. The van der Waals surface area contributed by atoms with E-state index in [1.807, 2.05) is 24.3 Å². The average molecular weight is 377 g/mol. The van der Waals surface area contributed by atoms with Crippen molar-refractivity contribution in [3.63, 3.8) is 0 Å². The van der Waals surface area contributed by atoms with Gasteiger partial charge in [-0.15, -0.1) is 0 Å². The smallest absolute Gasteiger partial charge is 0.253 e. The van der Waals surface area contributed by atoms with Gasteiger partial charge in [0, 0.05) is 53.0 Å². The summed E-state index contributed by atoms with van der Waals surface area (Å²) in [7, 11) is 5.25. The fraction of sp³-hybridized carbons (Fsp3) is 0.600. The molecule has 0 aromatic heterocycles. The minimum absolute atomic E-state index is 0.00805. The van der Waals surface area contributed by atoms with Crippen LogP contribution in [-0.4, -0.2) is 70.4 Å². The third-order valence-electron chi connectivity index (χ3n) is 4.38. The van der Waals surface area contributed by atoms with E-state index < -0.39 is 0 Å². The van der Waals surface area contributed by atoms with Gasteiger partial charge < -0.3 is 25.0 Å². The first-order valence-electron chi connectivity index (χ1n) is 9.54. The Balaban J connectivity index is 1.61. The number of carbonyl (C=O) groups excluding carboxylic acids is 1. The van der Waals surface area contributed by atoms with Crippen molar-refractivity contribution in [3.8, 4) is 0 Å². The standard InChI is InChI=1S/C20H32N4O3/c1-21-20(22-11-5-12-26-15-18-6-4-13-27-18)23-14-16-7-9-17(10-8-16)19(25)24(2)3/h7-10,18H,4-6,11-15H2,1-3H3,(H2,21,22,23). The number of aliphatic imine (C=N–C) groups is 1. The third kappa shape index (κ3) is 7.56. The maximum atomic E-state index is 11.9. The molecule has 1 fully saturated rings. The molecule has 0 bridgehead atoms. The second-order valence-electron chi connectivity index (χ2n) is 6.81. The summed E-state index contributed by atoms with van der Waals surface area (Å²) in [6, 6.07) is 7.60. The number of hydrogen-bond donors (Lipinski definition) is 2. The van der Waals surface area contributed by atoms with Crippen molar-refractivity contribution in [1.29, 1.82) is 0 Å². The Bertz CT molecular complexity index is 596. The van der Waals surface area contributed by atoms with E-state index in [2.05, 4.69) is 15.6 Å². The minimum atomic E-state index is 0.00805. The van der Waals surface area contributed by atoms with Crippen LogP contribution in [0.5, 0.6) is 0 Å². The monoisotopic (exact) mass is 376 g/mol. The van der Waals surface area contributed by atoms with E-state index >= 15 is 0 Å². The summed E-state index contributed by atoms with van der Waals surface area (Å²) < 4.78 is 11.2. The van der Waals surface area contributed by atoms with Crippen LogP contribution >= 0.6 is 0 Å². The molecule has 1 heterocycles. The highest BCUT2D eigenvalue weighted by molar-refractivity contribution is 5.93. The van der Waals surface area contributed by atoms with E-state index in [1.165, 1.54) is 0 Å². The van der Waals surface area contributed by atoms with Crippen LogP contribution in [0.3, 0.4) is 0 Å². The quantitative estimate of drug-likeness (QED) is 0.389. The lowest BCUT2D eigenvalue weighted by atomic mass is 10.1. The molecule has 7 heteroatoms. The van der Waals surface area contributed by atoms with Gasteiger partial charge in [-0.3, -0.25) is 9.79 Å². The molecule has 7 nitrogen and oxygen atoms in total. The summed E-state index contributed by atoms with van der Waals surface area (Å²) in [4.78, 5) is 17.7. The van der Waals surface area contributed by atoms with Crippen molar-refractivity contribution >= 4 is 11.9 Å². The van der Waals surface area contributed by atoms with Crippen molar-refractivity contribution in [3.05, 3.63) is 35.4 Å². The Morgan fingerprint density at radius 3 is 2.70 bits per heavy atom. The van der Waals surface area contributed by atoms with Crippen LogP contribution in [0.2, 0.25) is 0 Å². The summed E-state index contributed by atoms with van der Waals surface area (Å²) in [6.07, 6.45) is 3.45. The first kappa shape index (κ1) is 21.2. The predicted octanol–water partition coefficient (Wildman–Crippen LogP) is 1.64. The number of guanidine groups is 1. The fourth-order valence-corrected chi connectivity index (χ4v) is 2.80. The van der Waals surface area contributed by atoms with Gasteiger partial charge >= 0.3 is 0 Å². The third-order valence-corrected chi connectivity index (χ3v) is 4.38. The van der Waals surface area contributed by atoms with Gasteiger partial charge in [-0.1, -0.05) is 12.1 Å². The van der Waals surface area contributed by atoms with Crippen LogP contribution in [-0.2, 0) is 16.0 Å². The summed E-state index contributed by atoms with van der Waals surface area (Å²) in [5.41, 5.74) is 1.78. The molecule has 1 aliphatic heterocycles. The van der Waals surface area contributed by atoms with Gasteiger partial charge in [0.2, 0.25) is 0 Å². The van der Waals surface area contributed by atoms with Gasteiger partial charge in [0.25, 0.3) is 5.91 Å². The first-order valence-corrected chi connectivity index (χ1v) is 9.54. The van der Waals surface area contributed by atoms with Crippen molar-refractivity contribution < 1.29 is 14.3 Å². The molecule has 0 aliphatic carbocycles. The van der Waals surface area contributed by atoms with E-state index in [4.69, 9.17) is 9.47 Å². The molecular weight excluding hydrogens is 344 g/mol. The lowest BCUT2D eigenvalue weighted by Gasteiger charge is -2.14. The topological polar surface area (TPSA) is 75.2 Å². The number of nitrogens with one attached hydrogen (secondary N) is 2. The number of ether oxygens (including phenoxy) is 2. The molecule has 1 amide bonds. The van der Waals surface area contributed by atoms with E-state index in [9.17, 15) is 4.79 Å². The van der Waals surface area contributed by atoms with E-state index in [0.717, 1.165) is 43.9 Å². The molecule has 0 spiro atoms. The maximum Gasteiger partial charge on any atom is 0.253 e. The summed E-state index contributed by atoms with van der Waals surface area (Å²) in [6.45, 7) is 3.71. The van der Waals surface area contributed by atoms with Crippen LogP contribution in [0.4, 0.5) is 0 Å². The Morgan fingerprint density at radius 1 is 1.30 bits per heavy atom. The van der Waals surface area contributed by atoms with Gasteiger partial charge in [0.15, 0.2) is 5.96 Å². The SMILES string of the molecule is CN=C(NCCCOCC1CCCO1)NCc1ccc(C(=O)N(C)C)cc1. The number of hydrogen-bond acceptors (Lipinski definition) is 4. The van der Waals surface area contributed by atoms with Crippen LogP contribution in [0.25, 0.3) is 0 Å². The van der Waals surface area contributed by atoms with Crippen LogP contribution < -0.4 is 10.6 Å². The Labute approximate surface area is 162 Å². The summed E-state index contributed by atoms with van der Waals surface area (Å²) in [5, 5.41) is 6.56. The first-order chi connectivity index (χ1) is 13.1. The van der Waals surface area contributed by atoms with E-state index in [1.54, 1.807) is 26.0 Å². The maximum absolute atomic E-state index is 11.9. The van der Waals surface area contributed by atoms with Crippen molar-refractivity contribution in [2.75, 3.05) is 47.5 Å². The molecule has 1 saturated heterocycles. The molecule has 1 aromatic rings. The fourth-order valence-electron chi connectivity index (χ4n) is 2.80. The van der Waals surface area contributed by atoms with Gasteiger partial charge in [-0.25, -0.2) is 0 Å². The Morgan fingerprint density at radius 2 is 2.07 bits per heavy atom. The molecule has 2 rings (SSSR count). The lowest BCUT2D eigenvalue weighted by molar-refractivity contribution is 0.0168. The van der Waals surface area contributed by atoms with E-state index in [-0.39, 0.29) is 12.0 Å². The zero-order valence-electron chi connectivity index (χ0n) is 16.7. The second-order valence-corrected chi connectivity index (χ2v) is 6.81.